The van der Waals surface area contributed by atoms with Gasteiger partial charge in [-0.1, -0.05) is 31.2 Å². The van der Waals surface area contributed by atoms with Gasteiger partial charge in [0, 0.05) is 29.9 Å². The van der Waals surface area contributed by atoms with Crippen molar-refractivity contribution >= 4 is 17.2 Å². The van der Waals surface area contributed by atoms with Crippen LogP contribution in [0, 0.1) is 16.0 Å². The molecule has 0 saturated carbocycles. The van der Waals surface area contributed by atoms with Crippen molar-refractivity contribution in [2.75, 3.05) is 18.4 Å². The molecular formula is C23H25N5O2. The predicted molar refractivity (Wildman–Crippen MR) is 118 cm³/mol. The fourth-order valence-electron chi connectivity index (χ4n) is 3.65. The fourth-order valence-corrected chi connectivity index (χ4v) is 3.65. The number of nitro benzene ring substituents is 1. The molecule has 0 atom stereocenters. The Morgan fingerprint density at radius 2 is 1.83 bits per heavy atom. The summed E-state index contributed by atoms with van der Waals surface area (Å²) in [5, 5.41) is 22.6. The number of nitrogens with one attached hydrogen (secondary N) is 1. The maximum atomic E-state index is 10.9. The summed E-state index contributed by atoms with van der Waals surface area (Å²) in [4.78, 5) is 13.0. The largest absolute Gasteiger partial charge is 0.339 e. The smallest absolute Gasteiger partial charge is 0.270 e. The van der Waals surface area contributed by atoms with Gasteiger partial charge in [-0.3, -0.25) is 15.0 Å². The van der Waals surface area contributed by atoms with Crippen LogP contribution >= 0.6 is 0 Å². The van der Waals surface area contributed by atoms with Crippen molar-refractivity contribution in [3.05, 3.63) is 76.3 Å². The number of benzene rings is 2. The predicted octanol–water partition coefficient (Wildman–Crippen LogP) is 5.03. The highest BCUT2D eigenvalue weighted by Gasteiger charge is 2.15. The number of nitro groups is 1. The number of likely N-dealkylation sites (tertiary alicyclic amines) is 1. The molecule has 0 radical (unpaired) electrons. The van der Waals surface area contributed by atoms with Crippen LogP contribution < -0.4 is 5.32 Å². The summed E-state index contributed by atoms with van der Waals surface area (Å²) < 4.78 is 0. The van der Waals surface area contributed by atoms with Crippen LogP contribution in [0.2, 0.25) is 0 Å². The minimum Gasteiger partial charge on any atom is -0.339 e. The summed E-state index contributed by atoms with van der Waals surface area (Å²) in [7, 11) is 0. The SMILES string of the molecule is CC1CCN(Cc2ccc(Nc3ccc(-c4cccc([N+](=O)[O-])c4)nn3)cc2)CC1. The van der Waals surface area contributed by atoms with E-state index < -0.39 is 4.92 Å². The van der Waals surface area contributed by atoms with Crippen molar-refractivity contribution in [1.82, 2.24) is 15.1 Å². The van der Waals surface area contributed by atoms with E-state index >= 15 is 0 Å². The zero-order chi connectivity index (χ0) is 20.9. The molecule has 154 valence electrons. The van der Waals surface area contributed by atoms with E-state index in [1.807, 2.05) is 6.07 Å². The minimum atomic E-state index is -0.414. The molecule has 1 fully saturated rings. The third-order valence-corrected chi connectivity index (χ3v) is 5.53. The lowest BCUT2D eigenvalue weighted by Crippen LogP contribution is -2.32. The normalized spacial score (nSPS) is 15.1. The lowest BCUT2D eigenvalue weighted by atomic mass is 9.99. The minimum absolute atomic E-state index is 0.0376. The van der Waals surface area contributed by atoms with Gasteiger partial charge < -0.3 is 5.32 Å². The van der Waals surface area contributed by atoms with Crippen LogP contribution in [-0.4, -0.2) is 33.1 Å². The number of hydrogen-bond donors (Lipinski definition) is 1. The molecule has 7 heteroatoms. The van der Waals surface area contributed by atoms with E-state index in [1.54, 1.807) is 18.2 Å². The van der Waals surface area contributed by atoms with E-state index in [0.29, 0.717) is 17.1 Å². The summed E-state index contributed by atoms with van der Waals surface area (Å²) in [5.74, 6) is 1.47. The van der Waals surface area contributed by atoms with E-state index in [4.69, 9.17) is 0 Å². The maximum absolute atomic E-state index is 10.9. The molecule has 0 amide bonds. The number of aromatic nitrogens is 2. The van der Waals surface area contributed by atoms with Gasteiger partial charge in [0.2, 0.25) is 0 Å². The molecule has 4 rings (SSSR count). The van der Waals surface area contributed by atoms with Crippen LogP contribution in [0.5, 0.6) is 0 Å². The summed E-state index contributed by atoms with van der Waals surface area (Å²) in [5.41, 5.74) is 3.55. The topological polar surface area (TPSA) is 84.2 Å². The summed E-state index contributed by atoms with van der Waals surface area (Å²) in [6.45, 7) is 5.67. The molecule has 1 N–H and O–H groups in total. The quantitative estimate of drug-likeness (QED) is 0.459. The van der Waals surface area contributed by atoms with E-state index in [9.17, 15) is 10.1 Å². The Labute approximate surface area is 175 Å². The van der Waals surface area contributed by atoms with Crippen molar-refractivity contribution in [3.8, 4) is 11.3 Å². The van der Waals surface area contributed by atoms with Crippen molar-refractivity contribution < 1.29 is 4.92 Å². The second-order valence-corrected chi connectivity index (χ2v) is 7.89. The summed E-state index contributed by atoms with van der Waals surface area (Å²) in [6.07, 6.45) is 2.56. The number of anilines is 2. The van der Waals surface area contributed by atoms with Crippen LogP contribution in [0.4, 0.5) is 17.2 Å². The van der Waals surface area contributed by atoms with Gasteiger partial charge in [0.25, 0.3) is 5.69 Å². The first kappa shape index (κ1) is 20.0. The van der Waals surface area contributed by atoms with Crippen LogP contribution in [-0.2, 0) is 6.54 Å². The van der Waals surface area contributed by atoms with Crippen LogP contribution in [0.15, 0.2) is 60.7 Å². The highest BCUT2D eigenvalue weighted by molar-refractivity contribution is 5.64. The second-order valence-electron chi connectivity index (χ2n) is 7.89. The van der Waals surface area contributed by atoms with Gasteiger partial charge in [-0.15, -0.1) is 10.2 Å². The number of hydrogen-bond acceptors (Lipinski definition) is 6. The standard InChI is InChI=1S/C23H25N5O2/c1-17-11-13-27(14-12-17)16-18-5-7-20(8-6-18)24-23-10-9-22(25-26-23)19-3-2-4-21(15-19)28(29)30/h2-10,15,17H,11-14,16H2,1H3,(H,24,26). The molecule has 2 aromatic carbocycles. The van der Waals surface area contributed by atoms with E-state index in [-0.39, 0.29) is 5.69 Å². The molecule has 0 unspecified atom stereocenters. The van der Waals surface area contributed by atoms with Crippen molar-refractivity contribution in [2.45, 2.75) is 26.3 Å². The third kappa shape index (κ3) is 4.99. The number of piperidine rings is 1. The zero-order valence-electron chi connectivity index (χ0n) is 17.0. The van der Waals surface area contributed by atoms with Gasteiger partial charge in [-0.2, -0.15) is 0 Å². The summed E-state index contributed by atoms with van der Waals surface area (Å²) in [6, 6.07) is 18.4. The third-order valence-electron chi connectivity index (χ3n) is 5.53. The molecule has 1 saturated heterocycles. The van der Waals surface area contributed by atoms with Crippen LogP contribution in [0.25, 0.3) is 11.3 Å². The number of rotatable bonds is 6. The molecule has 2 heterocycles. The Kier molecular flexibility index (Phi) is 5.99. The molecule has 30 heavy (non-hydrogen) atoms. The van der Waals surface area contributed by atoms with Crippen LogP contribution in [0.1, 0.15) is 25.3 Å². The van der Waals surface area contributed by atoms with E-state index in [0.717, 1.165) is 18.2 Å². The van der Waals surface area contributed by atoms with Gasteiger partial charge in [0.05, 0.1) is 10.6 Å². The average molecular weight is 403 g/mol. The molecule has 7 nitrogen and oxygen atoms in total. The summed E-state index contributed by atoms with van der Waals surface area (Å²) >= 11 is 0. The van der Waals surface area contributed by atoms with Crippen molar-refractivity contribution in [3.63, 3.8) is 0 Å². The molecule has 1 aliphatic heterocycles. The Morgan fingerprint density at radius 3 is 2.50 bits per heavy atom. The molecule has 0 bridgehead atoms. The van der Waals surface area contributed by atoms with Crippen LogP contribution in [0.3, 0.4) is 0 Å². The molecule has 1 aliphatic rings. The number of nitrogens with zero attached hydrogens (tertiary/aromatic N) is 4. The second kappa shape index (κ2) is 9.00. The first-order chi connectivity index (χ1) is 14.6. The highest BCUT2D eigenvalue weighted by Crippen LogP contribution is 2.23. The monoisotopic (exact) mass is 403 g/mol. The zero-order valence-corrected chi connectivity index (χ0v) is 17.0. The van der Waals surface area contributed by atoms with Gasteiger partial charge >= 0.3 is 0 Å². The van der Waals surface area contributed by atoms with E-state index in [2.05, 4.69) is 51.6 Å². The number of non-ortho nitro benzene ring substituents is 1. The molecule has 3 aromatic rings. The first-order valence-electron chi connectivity index (χ1n) is 10.2. The van der Waals surface area contributed by atoms with Gasteiger partial charge in [0.1, 0.15) is 0 Å². The van der Waals surface area contributed by atoms with Crippen molar-refractivity contribution in [2.24, 2.45) is 5.92 Å². The maximum Gasteiger partial charge on any atom is 0.270 e. The van der Waals surface area contributed by atoms with Crippen molar-refractivity contribution in [1.29, 1.82) is 0 Å². The Balaban J connectivity index is 1.37. The van der Waals surface area contributed by atoms with E-state index in [1.165, 1.54) is 43.6 Å². The average Bonchev–Trinajstić information content (AvgIpc) is 2.77. The fraction of sp³-hybridized carbons (Fsp3) is 0.304. The lowest BCUT2D eigenvalue weighted by molar-refractivity contribution is -0.384. The molecule has 0 aliphatic carbocycles. The molecule has 1 aromatic heterocycles. The Hall–Kier alpha value is -3.32. The Morgan fingerprint density at radius 1 is 1.07 bits per heavy atom. The van der Waals surface area contributed by atoms with Gasteiger partial charge in [0.15, 0.2) is 5.82 Å². The van der Waals surface area contributed by atoms with Gasteiger partial charge in [-0.05, 0) is 61.7 Å². The highest BCUT2D eigenvalue weighted by atomic mass is 16.6. The van der Waals surface area contributed by atoms with Gasteiger partial charge in [-0.25, -0.2) is 0 Å². The lowest BCUT2D eigenvalue weighted by Gasteiger charge is -2.30. The Bertz CT molecular complexity index is 997. The molecule has 0 spiro atoms. The first-order valence-corrected chi connectivity index (χ1v) is 10.2. The molecular weight excluding hydrogens is 378 g/mol.